The molecule has 1 heteroatoms. The number of unbranched alkanes of at least 4 members (excludes halogenated alkanes) is 1. The van der Waals surface area contributed by atoms with Gasteiger partial charge in [0.05, 0.1) is 0 Å². The molecule has 0 fully saturated rings. The number of Topliss-reactive ketones (excluding diaryl/α,β-unsaturated/α-hetero) is 1. The van der Waals surface area contributed by atoms with Crippen molar-refractivity contribution in [3.63, 3.8) is 0 Å². The van der Waals surface area contributed by atoms with E-state index in [0.717, 1.165) is 31.3 Å². The number of carbonyl (C=O) groups is 1. The molecular formula is C11H16O. The summed E-state index contributed by atoms with van der Waals surface area (Å²) in [7, 11) is 0. The lowest BCUT2D eigenvalue weighted by atomic mass is 10.1. The summed E-state index contributed by atoms with van der Waals surface area (Å²) in [6, 6.07) is 0. The Hall–Kier alpha value is -0.850. The lowest BCUT2D eigenvalue weighted by Gasteiger charge is -1.92. The summed E-state index contributed by atoms with van der Waals surface area (Å²) in [5, 5.41) is 0. The average molecular weight is 164 g/mol. The van der Waals surface area contributed by atoms with Crippen molar-refractivity contribution in [1.82, 2.24) is 0 Å². The number of hydrogen-bond acceptors (Lipinski definition) is 1. The molecule has 66 valence electrons. The Morgan fingerprint density at radius 2 is 2.17 bits per heavy atom. The topological polar surface area (TPSA) is 17.1 Å². The zero-order chi connectivity index (χ0) is 8.97. The van der Waals surface area contributed by atoms with E-state index in [1.165, 1.54) is 5.57 Å². The van der Waals surface area contributed by atoms with Crippen LogP contribution in [0.15, 0.2) is 23.3 Å². The predicted molar refractivity (Wildman–Crippen MR) is 51.0 cm³/mol. The fraction of sp³-hybridized carbons (Fsp3) is 0.545. The van der Waals surface area contributed by atoms with Crippen molar-refractivity contribution in [2.75, 3.05) is 0 Å². The summed E-state index contributed by atoms with van der Waals surface area (Å²) < 4.78 is 0. The molecule has 1 nitrogen and oxygen atoms in total. The molecule has 12 heavy (non-hydrogen) atoms. The van der Waals surface area contributed by atoms with E-state index < -0.39 is 0 Å². The SMILES string of the molecule is CCC/C=C\C1=C(C)CCC1=O. The van der Waals surface area contributed by atoms with Gasteiger partial charge >= 0.3 is 0 Å². The van der Waals surface area contributed by atoms with Crippen LogP contribution < -0.4 is 0 Å². The van der Waals surface area contributed by atoms with Gasteiger partial charge in [-0.3, -0.25) is 4.79 Å². The van der Waals surface area contributed by atoms with E-state index in [1.807, 2.05) is 6.08 Å². The zero-order valence-corrected chi connectivity index (χ0v) is 7.89. The van der Waals surface area contributed by atoms with Gasteiger partial charge in [0.2, 0.25) is 0 Å². The first kappa shape index (κ1) is 9.24. The van der Waals surface area contributed by atoms with Crippen molar-refractivity contribution in [2.24, 2.45) is 0 Å². The third-order valence-electron chi connectivity index (χ3n) is 2.23. The molecule has 0 saturated heterocycles. The lowest BCUT2D eigenvalue weighted by Crippen LogP contribution is -1.92. The minimum absolute atomic E-state index is 0.319. The van der Waals surface area contributed by atoms with Gasteiger partial charge in [0.15, 0.2) is 5.78 Å². The van der Waals surface area contributed by atoms with Gasteiger partial charge in [-0.2, -0.15) is 0 Å². The van der Waals surface area contributed by atoms with Gasteiger partial charge in [0.25, 0.3) is 0 Å². The van der Waals surface area contributed by atoms with Crippen molar-refractivity contribution in [3.05, 3.63) is 23.3 Å². The standard InChI is InChI=1S/C11H16O/c1-3-4-5-6-10-9(2)7-8-11(10)12/h5-6H,3-4,7-8H2,1-2H3/b6-5-. The average Bonchev–Trinajstić information content (AvgIpc) is 2.35. The number of ketones is 1. The summed E-state index contributed by atoms with van der Waals surface area (Å²) >= 11 is 0. The molecule has 0 aromatic carbocycles. The Morgan fingerprint density at radius 1 is 1.42 bits per heavy atom. The smallest absolute Gasteiger partial charge is 0.163 e. The van der Waals surface area contributed by atoms with Crippen LogP contribution in [-0.2, 0) is 4.79 Å². The molecule has 0 N–H and O–H groups in total. The normalized spacial score (nSPS) is 18.3. The largest absolute Gasteiger partial charge is 0.294 e. The van der Waals surface area contributed by atoms with Crippen LogP contribution in [-0.4, -0.2) is 5.78 Å². The molecule has 0 aromatic heterocycles. The molecule has 0 bridgehead atoms. The Morgan fingerprint density at radius 3 is 2.67 bits per heavy atom. The quantitative estimate of drug-likeness (QED) is 0.626. The molecule has 1 rings (SSSR count). The molecule has 0 heterocycles. The summed E-state index contributed by atoms with van der Waals surface area (Å²) in [6.45, 7) is 4.19. The van der Waals surface area contributed by atoms with E-state index >= 15 is 0 Å². The van der Waals surface area contributed by atoms with Crippen LogP contribution in [0, 0.1) is 0 Å². The van der Waals surface area contributed by atoms with Crippen LogP contribution in [0.4, 0.5) is 0 Å². The first-order valence-electron chi connectivity index (χ1n) is 4.65. The summed E-state index contributed by atoms with van der Waals surface area (Å²) in [6.07, 6.45) is 8.00. The zero-order valence-electron chi connectivity index (χ0n) is 7.89. The van der Waals surface area contributed by atoms with E-state index in [0.29, 0.717) is 5.78 Å². The van der Waals surface area contributed by atoms with Gasteiger partial charge in [-0.05, 0) is 19.8 Å². The third-order valence-corrected chi connectivity index (χ3v) is 2.23. The van der Waals surface area contributed by atoms with Crippen LogP contribution in [0.2, 0.25) is 0 Å². The van der Waals surface area contributed by atoms with Crippen LogP contribution in [0.25, 0.3) is 0 Å². The van der Waals surface area contributed by atoms with Crippen molar-refractivity contribution < 1.29 is 4.79 Å². The lowest BCUT2D eigenvalue weighted by molar-refractivity contribution is -0.114. The molecule has 0 saturated carbocycles. The van der Waals surface area contributed by atoms with Crippen LogP contribution in [0.3, 0.4) is 0 Å². The molecular weight excluding hydrogens is 148 g/mol. The van der Waals surface area contributed by atoms with Crippen molar-refractivity contribution in [1.29, 1.82) is 0 Å². The van der Waals surface area contributed by atoms with Gasteiger partial charge in [-0.15, -0.1) is 0 Å². The summed E-state index contributed by atoms with van der Waals surface area (Å²) in [4.78, 5) is 11.3. The van der Waals surface area contributed by atoms with Crippen LogP contribution >= 0.6 is 0 Å². The van der Waals surface area contributed by atoms with Crippen LogP contribution in [0.5, 0.6) is 0 Å². The van der Waals surface area contributed by atoms with Crippen molar-refractivity contribution in [2.45, 2.75) is 39.5 Å². The first-order chi connectivity index (χ1) is 5.75. The number of rotatable bonds is 3. The monoisotopic (exact) mass is 164 g/mol. The van der Waals surface area contributed by atoms with Crippen LogP contribution in [0.1, 0.15) is 39.5 Å². The minimum Gasteiger partial charge on any atom is -0.294 e. The predicted octanol–water partition coefficient (Wildman–Crippen LogP) is 3.02. The van der Waals surface area contributed by atoms with Gasteiger partial charge in [0.1, 0.15) is 0 Å². The van der Waals surface area contributed by atoms with Gasteiger partial charge in [-0.1, -0.05) is 31.1 Å². The van der Waals surface area contributed by atoms with E-state index in [9.17, 15) is 4.79 Å². The van der Waals surface area contributed by atoms with Gasteiger partial charge < -0.3 is 0 Å². The second kappa shape index (κ2) is 4.24. The second-order valence-electron chi connectivity index (χ2n) is 3.31. The fourth-order valence-corrected chi connectivity index (χ4v) is 1.41. The fourth-order valence-electron chi connectivity index (χ4n) is 1.41. The molecule has 1 aliphatic rings. The first-order valence-corrected chi connectivity index (χ1v) is 4.65. The molecule has 0 spiro atoms. The molecule has 0 aromatic rings. The van der Waals surface area contributed by atoms with Gasteiger partial charge in [-0.25, -0.2) is 0 Å². The Labute approximate surface area is 74.2 Å². The highest BCUT2D eigenvalue weighted by Gasteiger charge is 2.16. The molecule has 0 amide bonds. The highest BCUT2D eigenvalue weighted by Crippen LogP contribution is 2.23. The summed E-state index contributed by atoms with van der Waals surface area (Å²) in [5.74, 6) is 0.319. The molecule has 1 aliphatic carbocycles. The number of hydrogen-bond donors (Lipinski definition) is 0. The Bertz CT molecular complexity index is 233. The molecule has 0 unspecified atom stereocenters. The highest BCUT2D eigenvalue weighted by atomic mass is 16.1. The second-order valence-corrected chi connectivity index (χ2v) is 3.31. The molecule has 0 aliphatic heterocycles. The van der Waals surface area contributed by atoms with E-state index in [-0.39, 0.29) is 0 Å². The maximum Gasteiger partial charge on any atom is 0.163 e. The number of carbonyl (C=O) groups excluding carboxylic acids is 1. The van der Waals surface area contributed by atoms with Crippen molar-refractivity contribution >= 4 is 5.78 Å². The maximum absolute atomic E-state index is 11.3. The van der Waals surface area contributed by atoms with E-state index in [2.05, 4.69) is 19.9 Å². The number of allylic oxidation sites excluding steroid dienone is 4. The Kier molecular flexibility index (Phi) is 3.27. The van der Waals surface area contributed by atoms with Gasteiger partial charge in [0, 0.05) is 12.0 Å². The molecule has 0 atom stereocenters. The maximum atomic E-state index is 11.3. The Balaban J connectivity index is 2.61. The van der Waals surface area contributed by atoms with Crippen molar-refractivity contribution in [3.8, 4) is 0 Å². The molecule has 0 radical (unpaired) electrons. The highest BCUT2D eigenvalue weighted by molar-refractivity contribution is 6.01. The minimum atomic E-state index is 0.319. The third kappa shape index (κ3) is 2.07. The van der Waals surface area contributed by atoms with E-state index in [4.69, 9.17) is 0 Å². The van der Waals surface area contributed by atoms with E-state index in [1.54, 1.807) is 0 Å². The summed E-state index contributed by atoms with van der Waals surface area (Å²) in [5.41, 5.74) is 2.22.